The van der Waals surface area contributed by atoms with Gasteiger partial charge in [-0.15, -0.1) is 11.3 Å². The van der Waals surface area contributed by atoms with Crippen molar-refractivity contribution in [3.05, 3.63) is 52.2 Å². The summed E-state index contributed by atoms with van der Waals surface area (Å²) in [7, 11) is 0. The Morgan fingerprint density at radius 1 is 1.17 bits per heavy atom. The van der Waals surface area contributed by atoms with E-state index in [2.05, 4.69) is 5.32 Å². The molecule has 3 amide bonds. The fraction of sp³-hybridized carbons (Fsp3) is 0.381. The lowest BCUT2D eigenvalue weighted by Crippen LogP contribution is -2.46. The molecule has 7 nitrogen and oxygen atoms in total. The van der Waals surface area contributed by atoms with Gasteiger partial charge in [0, 0.05) is 23.7 Å². The largest absolute Gasteiger partial charge is 0.447 e. The molecular weight excluding hydrogens is 390 g/mol. The van der Waals surface area contributed by atoms with Gasteiger partial charge >= 0.3 is 6.09 Å². The summed E-state index contributed by atoms with van der Waals surface area (Å²) in [6.07, 6.45) is 1.55. The Balaban J connectivity index is 1.31. The van der Waals surface area contributed by atoms with Gasteiger partial charge in [0.1, 0.15) is 12.6 Å². The van der Waals surface area contributed by atoms with E-state index in [-0.39, 0.29) is 17.9 Å². The average Bonchev–Trinajstić information content (AvgIpc) is 3.48. The minimum absolute atomic E-state index is 0.00644. The molecule has 3 heterocycles. The lowest BCUT2D eigenvalue weighted by molar-refractivity contribution is -0.138. The molecule has 0 radical (unpaired) electrons. The van der Waals surface area contributed by atoms with Gasteiger partial charge in [0.25, 0.3) is 0 Å². The highest BCUT2D eigenvalue weighted by Gasteiger charge is 2.33. The molecule has 0 bridgehead atoms. The fourth-order valence-electron chi connectivity index (χ4n) is 3.73. The van der Waals surface area contributed by atoms with Crippen LogP contribution >= 0.6 is 11.3 Å². The van der Waals surface area contributed by atoms with Crippen LogP contribution in [0.25, 0.3) is 0 Å². The van der Waals surface area contributed by atoms with Crippen molar-refractivity contribution in [3.63, 3.8) is 0 Å². The molecule has 152 valence electrons. The van der Waals surface area contributed by atoms with Gasteiger partial charge in [-0.05, 0) is 42.0 Å². The molecule has 1 N–H and O–H groups in total. The maximum atomic E-state index is 12.7. The smallest absolute Gasteiger partial charge is 0.414 e. The van der Waals surface area contributed by atoms with E-state index >= 15 is 0 Å². The van der Waals surface area contributed by atoms with Crippen molar-refractivity contribution in [2.45, 2.75) is 31.8 Å². The molecule has 2 saturated heterocycles. The van der Waals surface area contributed by atoms with Gasteiger partial charge in [-0.25, -0.2) is 4.79 Å². The molecule has 29 heavy (non-hydrogen) atoms. The highest BCUT2D eigenvalue weighted by Crippen LogP contribution is 2.21. The van der Waals surface area contributed by atoms with Gasteiger partial charge < -0.3 is 15.0 Å². The second-order valence-electron chi connectivity index (χ2n) is 7.15. The molecule has 1 aromatic carbocycles. The van der Waals surface area contributed by atoms with E-state index in [4.69, 9.17) is 4.74 Å². The van der Waals surface area contributed by atoms with Gasteiger partial charge in [-0.1, -0.05) is 18.2 Å². The van der Waals surface area contributed by atoms with E-state index in [1.165, 1.54) is 0 Å². The first-order valence-electron chi connectivity index (χ1n) is 9.74. The van der Waals surface area contributed by atoms with Crippen LogP contribution in [0.15, 0.2) is 41.8 Å². The number of carbonyl (C=O) groups is 3. The molecule has 2 aliphatic rings. The van der Waals surface area contributed by atoms with Crippen LogP contribution in [0.3, 0.4) is 0 Å². The lowest BCUT2D eigenvalue weighted by Gasteiger charge is -2.24. The van der Waals surface area contributed by atoms with Gasteiger partial charge in [-0.2, -0.15) is 0 Å². The number of thiophene rings is 1. The van der Waals surface area contributed by atoms with Crippen molar-refractivity contribution < 1.29 is 19.1 Å². The molecule has 1 aromatic heterocycles. The van der Waals surface area contributed by atoms with Crippen molar-refractivity contribution in [3.8, 4) is 0 Å². The summed E-state index contributed by atoms with van der Waals surface area (Å²) in [6, 6.07) is 10.9. The standard InChI is InChI=1S/C21H23N3O4S/c25-19(13-17-3-2-12-29-17)24-9-1-4-18(24)20(26)22-14-15-5-7-16(8-6-15)23-10-11-28-21(23)27/h2-3,5-8,12,18H,1,4,9-11,13-14H2,(H,22,26)/t18-/m1/s1. The number of anilines is 1. The van der Waals surface area contributed by atoms with Crippen LogP contribution in [0.4, 0.5) is 10.5 Å². The van der Waals surface area contributed by atoms with E-state index in [0.29, 0.717) is 39.1 Å². The third kappa shape index (κ3) is 4.42. The normalized spacial score (nSPS) is 18.8. The zero-order valence-corrected chi connectivity index (χ0v) is 16.8. The second kappa shape index (κ2) is 8.65. The maximum absolute atomic E-state index is 12.7. The van der Waals surface area contributed by atoms with Crippen LogP contribution in [0.5, 0.6) is 0 Å². The number of likely N-dealkylation sites (tertiary alicyclic amines) is 1. The zero-order valence-electron chi connectivity index (χ0n) is 16.0. The van der Waals surface area contributed by atoms with Crippen LogP contribution in [0, 0.1) is 0 Å². The van der Waals surface area contributed by atoms with Crippen LogP contribution in [0.2, 0.25) is 0 Å². The number of nitrogens with one attached hydrogen (secondary N) is 1. The topological polar surface area (TPSA) is 79.0 Å². The Bertz CT molecular complexity index is 882. The predicted octanol–water partition coefficient (Wildman–Crippen LogP) is 2.55. The average molecular weight is 413 g/mol. The van der Waals surface area contributed by atoms with Gasteiger partial charge in [0.15, 0.2) is 0 Å². The maximum Gasteiger partial charge on any atom is 0.414 e. The number of ether oxygens (including phenoxy) is 1. The first-order chi connectivity index (χ1) is 14.1. The number of rotatable bonds is 6. The van der Waals surface area contributed by atoms with Crippen LogP contribution in [-0.2, 0) is 27.3 Å². The minimum Gasteiger partial charge on any atom is -0.447 e. The van der Waals surface area contributed by atoms with Gasteiger partial charge in [-0.3, -0.25) is 14.5 Å². The molecule has 1 atom stereocenters. The molecule has 0 spiro atoms. The third-order valence-corrected chi connectivity index (χ3v) is 6.13. The molecule has 2 aromatic rings. The van der Waals surface area contributed by atoms with Crippen molar-refractivity contribution in [2.24, 2.45) is 0 Å². The Morgan fingerprint density at radius 3 is 2.69 bits per heavy atom. The van der Waals surface area contributed by atoms with Gasteiger partial charge in [0.05, 0.1) is 13.0 Å². The molecule has 0 saturated carbocycles. The highest BCUT2D eigenvalue weighted by molar-refractivity contribution is 7.10. The van der Waals surface area contributed by atoms with Crippen molar-refractivity contribution in [2.75, 3.05) is 24.6 Å². The van der Waals surface area contributed by atoms with E-state index in [0.717, 1.165) is 22.5 Å². The molecule has 2 fully saturated rings. The number of carbonyl (C=O) groups excluding carboxylic acids is 3. The molecule has 2 aliphatic heterocycles. The van der Waals surface area contributed by atoms with Crippen molar-refractivity contribution >= 4 is 34.9 Å². The number of cyclic esters (lactones) is 1. The summed E-state index contributed by atoms with van der Waals surface area (Å²) in [5, 5.41) is 4.90. The number of benzene rings is 1. The Labute approximate surface area is 173 Å². The number of hydrogen-bond donors (Lipinski definition) is 1. The van der Waals surface area contributed by atoms with Gasteiger partial charge in [0.2, 0.25) is 11.8 Å². The molecule has 4 rings (SSSR count). The van der Waals surface area contributed by atoms with E-state index in [9.17, 15) is 14.4 Å². The van der Waals surface area contributed by atoms with Crippen LogP contribution in [0.1, 0.15) is 23.3 Å². The molecule has 8 heteroatoms. The quantitative estimate of drug-likeness (QED) is 0.789. The second-order valence-corrected chi connectivity index (χ2v) is 8.18. The monoisotopic (exact) mass is 413 g/mol. The Morgan fingerprint density at radius 2 is 2.00 bits per heavy atom. The van der Waals surface area contributed by atoms with Crippen LogP contribution < -0.4 is 10.2 Å². The summed E-state index contributed by atoms with van der Waals surface area (Å²) in [5.41, 5.74) is 1.72. The fourth-order valence-corrected chi connectivity index (χ4v) is 4.43. The van der Waals surface area contributed by atoms with E-state index in [1.54, 1.807) is 21.1 Å². The first kappa shape index (κ1) is 19.4. The highest BCUT2D eigenvalue weighted by atomic mass is 32.1. The van der Waals surface area contributed by atoms with Crippen molar-refractivity contribution in [1.82, 2.24) is 10.2 Å². The lowest BCUT2D eigenvalue weighted by atomic mass is 10.1. The Hall–Kier alpha value is -2.87. The zero-order chi connectivity index (χ0) is 20.2. The van der Waals surface area contributed by atoms with E-state index in [1.807, 2.05) is 41.8 Å². The minimum atomic E-state index is -0.402. The predicted molar refractivity (Wildman–Crippen MR) is 110 cm³/mol. The molecule has 0 unspecified atom stereocenters. The summed E-state index contributed by atoms with van der Waals surface area (Å²) >= 11 is 1.56. The van der Waals surface area contributed by atoms with Crippen molar-refractivity contribution in [1.29, 1.82) is 0 Å². The first-order valence-corrected chi connectivity index (χ1v) is 10.6. The number of hydrogen-bond acceptors (Lipinski definition) is 5. The number of amides is 3. The van der Waals surface area contributed by atoms with Crippen LogP contribution in [-0.4, -0.2) is 48.5 Å². The van der Waals surface area contributed by atoms with E-state index < -0.39 is 6.04 Å². The number of nitrogens with zero attached hydrogens (tertiary/aromatic N) is 2. The third-order valence-electron chi connectivity index (χ3n) is 5.26. The summed E-state index contributed by atoms with van der Waals surface area (Å²) in [4.78, 5) is 41.2. The molecule has 0 aliphatic carbocycles. The molecular formula is C21H23N3O4S. The summed E-state index contributed by atoms with van der Waals surface area (Å²) in [6.45, 7) is 1.96. The summed E-state index contributed by atoms with van der Waals surface area (Å²) < 4.78 is 4.95. The summed E-state index contributed by atoms with van der Waals surface area (Å²) in [5.74, 6) is -0.110. The Kier molecular flexibility index (Phi) is 5.80. The SMILES string of the molecule is O=C(NCc1ccc(N2CCOC2=O)cc1)[C@H]1CCCN1C(=O)Cc1cccs1.